The summed E-state index contributed by atoms with van der Waals surface area (Å²) in [4.78, 5) is 0. The molecule has 0 aromatic rings. The van der Waals surface area contributed by atoms with Crippen LogP contribution in [0.15, 0.2) is 0 Å². The molecule has 1 N–H and O–H groups in total. The van der Waals surface area contributed by atoms with Crippen LogP contribution in [0.25, 0.3) is 0 Å². The largest absolute Gasteiger partial charge is 0.253 e. The summed E-state index contributed by atoms with van der Waals surface area (Å²) in [5.74, 6) is -3.35. The molecule has 0 spiro atoms. The smallest absolute Gasteiger partial charge is 0.206 e. The fourth-order valence-corrected chi connectivity index (χ4v) is 4.02. The number of nitrogens with one attached hydrogen (secondary N) is 1. The van der Waals surface area contributed by atoms with Crippen LogP contribution in [0.2, 0.25) is 0 Å². The molecule has 0 amide bonds. The Morgan fingerprint density at radius 2 is 1.57 bits per heavy atom. The summed E-state index contributed by atoms with van der Waals surface area (Å²) in [7, 11) is 0. The van der Waals surface area contributed by atoms with Crippen molar-refractivity contribution in [1.82, 2.24) is 5.54 Å². The first-order valence-corrected chi connectivity index (χ1v) is 5.31. The molecule has 14 heavy (non-hydrogen) atoms. The van der Waals surface area contributed by atoms with E-state index in [1.54, 1.807) is 0 Å². The standard InChI is InChI=1S/C10H14F3N/c11-10(12)7-1-6-2-8(10)5-9(3-6,4-7)14-13/h6-8,14H,1-5H2. The van der Waals surface area contributed by atoms with Crippen molar-refractivity contribution in [3.8, 4) is 0 Å². The molecule has 2 unspecified atom stereocenters. The molecular formula is C10H14F3N. The molecule has 4 heteroatoms. The van der Waals surface area contributed by atoms with Crippen LogP contribution in [-0.2, 0) is 0 Å². The first-order chi connectivity index (χ1) is 6.56. The van der Waals surface area contributed by atoms with Gasteiger partial charge in [-0.2, -0.15) is 5.54 Å². The zero-order chi connectivity index (χ0) is 9.97. The topological polar surface area (TPSA) is 12.0 Å². The number of rotatable bonds is 1. The maximum absolute atomic E-state index is 13.7. The van der Waals surface area contributed by atoms with E-state index in [4.69, 9.17) is 0 Å². The fourth-order valence-electron chi connectivity index (χ4n) is 4.02. The van der Waals surface area contributed by atoms with Crippen LogP contribution < -0.4 is 5.54 Å². The molecule has 2 atom stereocenters. The van der Waals surface area contributed by atoms with Crippen molar-refractivity contribution in [3.05, 3.63) is 0 Å². The van der Waals surface area contributed by atoms with E-state index < -0.39 is 23.3 Å². The molecule has 4 aliphatic carbocycles. The number of alkyl halides is 2. The molecular weight excluding hydrogens is 191 g/mol. The lowest BCUT2D eigenvalue weighted by molar-refractivity contribution is -0.218. The second kappa shape index (κ2) is 2.46. The van der Waals surface area contributed by atoms with Gasteiger partial charge in [0, 0.05) is 17.4 Å². The number of halogens is 3. The van der Waals surface area contributed by atoms with Gasteiger partial charge in [-0.15, -0.1) is 4.48 Å². The van der Waals surface area contributed by atoms with Crippen LogP contribution in [0.4, 0.5) is 13.3 Å². The van der Waals surface area contributed by atoms with Gasteiger partial charge in [0.1, 0.15) is 0 Å². The molecule has 4 fully saturated rings. The predicted octanol–water partition coefficient (Wildman–Crippen LogP) is 2.67. The highest BCUT2D eigenvalue weighted by molar-refractivity contribution is 5.11. The van der Waals surface area contributed by atoms with E-state index in [9.17, 15) is 13.3 Å². The summed E-state index contributed by atoms with van der Waals surface area (Å²) in [6, 6.07) is 0. The van der Waals surface area contributed by atoms with Crippen LogP contribution in [0.5, 0.6) is 0 Å². The molecule has 4 saturated carbocycles. The maximum atomic E-state index is 13.7. The average molecular weight is 205 g/mol. The summed E-state index contributed by atoms with van der Waals surface area (Å²) >= 11 is 0. The Bertz CT molecular complexity index is 248. The third-order valence-electron chi connectivity index (χ3n) is 4.48. The van der Waals surface area contributed by atoms with Gasteiger partial charge in [0.25, 0.3) is 5.92 Å². The van der Waals surface area contributed by atoms with Gasteiger partial charge in [-0.25, -0.2) is 8.78 Å². The molecule has 1 nitrogen and oxygen atoms in total. The Hall–Kier alpha value is -0.250. The van der Waals surface area contributed by atoms with Crippen molar-refractivity contribution < 1.29 is 13.3 Å². The first-order valence-electron chi connectivity index (χ1n) is 5.31. The lowest BCUT2D eigenvalue weighted by Crippen LogP contribution is -2.63. The Morgan fingerprint density at radius 3 is 2.07 bits per heavy atom. The monoisotopic (exact) mass is 205 g/mol. The third-order valence-corrected chi connectivity index (χ3v) is 4.48. The Kier molecular flexibility index (Phi) is 1.58. The summed E-state index contributed by atoms with van der Waals surface area (Å²) in [6.45, 7) is 0. The van der Waals surface area contributed by atoms with Gasteiger partial charge in [0.15, 0.2) is 0 Å². The molecule has 0 aromatic heterocycles. The molecule has 0 saturated heterocycles. The Morgan fingerprint density at radius 1 is 1.00 bits per heavy atom. The second-order valence-electron chi connectivity index (χ2n) is 5.39. The minimum Gasteiger partial charge on any atom is -0.206 e. The summed E-state index contributed by atoms with van der Waals surface area (Å²) in [5.41, 5.74) is 1.21. The zero-order valence-electron chi connectivity index (χ0n) is 7.90. The van der Waals surface area contributed by atoms with Crippen molar-refractivity contribution in [3.63, 3.8) is 0 Å². The van der Waals surface area contributed by atoms with Gasteiger partial charge in [0.05, 0.1) is 0 Å². The highest BCUT2D eigenvalue weighted by Gasteiger charge is 2.64. The van der Waals surface area contributed by atoms with Gasteiger partial charge < -0.3 is 0 Å². The van der Waals surface area contributed by atoms with E-state index in [1.807, 2.05) is 5.54 Å². The van der Waals surface area contributed by atoms with Crippen molar-refractivity contribution in [2.75, 3.05) is 0 Å². The molecule has 0 radical (unpaired) electrons. The Labute approximate surface area is 81.0 Å². The van der Waals surface area contributed by atoms with E-state index >= 15 is 0 Å². The first kappa shape index (κ1) is 9.01. The van der Waals surface area contributed by atoms with Crippen molar-refractivity contribution in [1.29, 1.82) is 0 Å². The zero-order valence-corrected chi connectivity index (χ0v) is 7.90. The molecule has 80 valence electrons. The molecule has 4 aliphatic rings. The lowest BCUT2D eigenvalue weighted by atomic mass is 9.51. The minimum atomic E-state index is -2.53. The lowest BCUT2D eigenvalue weighted by Gasteiger charge is -2.58. The molecule has 0 aromatic carbocycles. The number of hydrogen-bond donors (Lipinski definition) is 1. The molecule has 4 rings (SSSR count). The predicted molar refractivity (Wildman–Crippen MR) is 45.5 cm³/mol. The van der Waals surface area contributed by atoms with Gasteiger partial charge in [0.2, 0.25) is 0 Å². The molecule has 0 aliphatic heterocycles. The van der Waals surface area contributed by atoms with Crippen molar-refractivity contribution in [2.45, 2.75) is 43.6 Å². The van der Waals surface area contributed by atoms with Crippen LogP contribution in [0.3, 0.4) is 0 Å². The van der Waals surface area contributed by atoms with Gasteiger partial charge in [-0.05, 0) is 38.0 Å². The SMILES string of the molecule is FNC12CC3CC(C1)C(F)(F)C(C3)C2. The van der Waals surface area contributed by atoms with E-state index in [0.717, 1.165) is 6.42 Å². The van der Waals surface area contributed by atoms with Crippen LogP contribution in [0, 0.1) is 17.8 Å². The highest BCUT2D eigenvalue weighted by Crippen LogP contribution is 2.61. The third kappa shape index (κ3) is 0.953. The van der Waals surface area contributed by atoms with E-state index in [0.29, 0.717) is 31.6 Å². The van der Waals surface area contributed by atoms with E-state index in [2.05, 4.69) is 0 Å². The van der Waals surface area contributed by atoms with Gasteiger partial charge >= 0.3 is 0 Å². The Balaban J connectivity index is 1.96. The quantitative estimate of drug-likeness (QED) is 0.649. The van der Waals surface area contributed by atoms with E-state index in [-0.39, 0.29) is 0 Å². The molecule has 4 bridgehead atoms. The van der Waals surface area contributed by atoms with Crippen LogP contribution in [-0.4, -0.2) is 11.5 Å². The fraction of sp³-hybridized carbons (Fsp3) is 1.00. The summed E-state index contributed by atoms with van der Waals surface area (Å²) in [6.07, 6.45) is 2.61. The van der Waals surface area contributed by atoms with Crippen molar-refractivity contribution in [2.24, 2.45) is 17.8 Å². The van der Waals surface area contributed by atoms with Crippen LogP contribution >= 0.6 is 0 Å². The van der Waals surface area contributed by atoms with E-state index in [1.165, 1.54) is 0 Å². The molecule has 0 heterocycles. The van der Waals surface area contributed by atoms with Crippen molar-refractivity contribution >= 4 is 0 Å². The summed E-state index contributed by atoms with van der Waals surface area (Å²) < 4.78 is 40.0. The van der Waals surface area contributed by atoms with Gasteiger partial charge in [-0.3, -0.25) is 0 Å². The van der Waals surface area contributed by atoms with Gasteiger partial charge in [-0.1, -0.05) is 0 Å². The average Bonchev–Trinajstić information content (AvgIpc) is 2.14. The highest BCUT2D eigenvalue weighted by atomic mass is 19.3. The normalized spacial score (nSPS) is 53.8. The van der Waals surface area contributed by atoms with Crippen LogP contribution in [0.1, 0.15) is 32.1 Å². The maximum Gasteiger partial charge on any atom is 0.253 e. The second-order valence-corrected chi connectivity index (χ2v) is 5.39. The summed E-state index contributed by atoms with van der Waals surface area (Å²) in [5, 5.41) is 0. The minimum absolute atomic E-state index is 0.323. The number of hydrogen-bond acceptors (Lipinski definition) is 1.